The fraction of sp³-hybridized carbons (Fsp3) is 0.286. The van der Waals surface area contributed by atoms with Gasteiger partial charge < -0.3 is 5.32 Å². The van der Waals surface area contributed by atoms with E-state index in [0.717, 1.165) is 8.01 Å². The van der Waals surface area contributed by atoms with Crippen LogP contribution >= 0.6 is 22.9 Å². The first-order valence-corrected chi connectivity index (χ1v) is 7.64. The molecule has 3 rings (SSSR count). The number of nitrogens with one attached hydrogen (secondary N) is 1. The zero-order valence-corrected chi connectivity index (χ0v) is 13.8. The minimum Gasteiger partial charge on any atom is -0.388 e. The Morgan fingerprint density at radius 3 is 2.50 bits per heavy atom. The lowest BCUT2D eigenvalue weighted by atomic mass is 10.0. The number of imide groups is 2. The van der Waals surface area contributed by atoms with Crippen LogP contribution in [0.25, 0.3) is 0 Å². The van der Waals surface area contributed by atoms with Crippen LogP contribution in [0.1, 0.15) is 33.6 Å². The Hall–Kier alpha value is -1.97. The molecule has 2 heterocycles. The summed E-state index contributed by atoms with van der Waals surface area (Å²) in [5.41, 5.74) is 1.28. The number of amides is 4. The van der Waals surface area contributed by atoms with Crippen LogP contribution in [0.15, 0.2) is 18.2 Å². The van der Waals surface area contributed by atoms with Gasteiger partial charge in [0, 0.05) is 19.2 Å². The SMILES string of the molecule is CNc1ccc2c(c1)C(=O)N(C1CCC(=O)N(I)C1=O)C2=O. The van der Waals surface area contributed by atoms with Crippen LogP contribution in [-0.4, -0.2) is 44.7 Å². The van der Waals surface area contributed by atoms with E-state index < -0.39 is 23.8 Å². The van der Waals surface area contributed by atoms with Gasteiger partial charge in [0.2, 0.25) is 5.91 Å². The van der Waals surface area contributed by atoms with Crippen molar-refractivity contribution in [3.8, 4) is 0 Å². The van der Waals surface area contributed by atoms with Crippen molar-refractivity contribution in [1.82, 2.24) is 8.01 Å². The van der Waals surface area contributed by atoms with Crippen LogP contribution in [0.4, 0.5) is 5.69 Å². The zero-order chi connectivity index (χ0) is 16.0. The first-order chi connectivity index (χ1) is 10.5. The minimum absolute atomic E-state index is 0.133. The highest BCUT2D eigenvalue weighted by molar-refractivity contribution is 14.1. The second-order valence-corrected chi connectivity index (χ2v) is 6.02. The molecule has 2 aliphatic heterocycles. The van der Waals surface area contributed by atoms with Gasteiger partial charge in [-0.3, -0.25) is 24.1 Å². The minimum atomic E-state index is -0.917. The summed E-state index contributed by atoms with van der Waals surface area (Å²) in [5, 5.41) is 2.91. The van der Waals surface area contributed by atoms with Crippen molar-refractivity contribution in [2.75, 3.05) is 12.4 Å². The third kappa shape index (κ3) is 2.09. The number of piperidine rings is 1. The highest BCUT2D eigenvalue weighted by atomic mass is 127. The van der Waals surface area contributed by atoms with Crippen LogP contribution in [0.2, 0.25) is 0 Å². The number of rotatable bonds is 2. The number of carbonyl (C=O) groups excluding carboxylic acids is 4. The Morgan fingerprint density at radius 2 is 1.82 bits per heavy atom. The number of anilines is 1. The molecular formula is C14H12IN3O4. The van der Waals surface area contributed by atoms with E-state index in [-0.39, 0.29) is 29.9 Å². The van der Waals surface area contributed by atoms with Gasteiger partial charge in [0.05, 0.1) is 34.0 Å². The fourth-order valence-electron chi connectivity index (χ4n) is 2.67. The Balaban J connectivity index is 1.97. The lowest BCUT2D eigenvalue weighted by Crippen LogP contribution is -2.53. The van der Waals surface area contributed by atoms with Crippen LogP contribution in [-0.2, 0) is 9.59 Å². The molecule has 0 bridgehead atoms. The Labute approximate surface area is 140 Å². The van der Waals surface area contributed by atoms with E-state index in [1.165, 1.54) is 0 Å². The number of benzene rings is 1. The molecular weight excluding hydrogens is 401 g/mol. The summed E-state index contributed by atoms with van der Waals surface area (Å²) in [5.74, 6) is -1.81. The highest BCUT2D eigenvalue weighted by Gasteiger charge is 2.46. The van der Waals surface area contributed by atoms with E-state index in [9.17, 15) is 19.2 Å². The predicted molar refractivity (Wildman–Crippen MR) is 85.4 cm³/mol. The first kappa shape index (κ1) is 14.9. The molecule has 0 aromatic heterocycles. The van der Waals surface area contributed by atoms with Crippen LogP contribution in [0.5, 0.6) is 0 Å². The number of fused-ring (bicyclic) bond motifs is 1. The van der Waals surface area contributed by atoms with Crippen LogP contribution in [0.3, 0.4) is 0 Å². The summed E-state index contributed by atoms with van der Waals surface area (Å²) >= 11 is 1.61. The predicted octanol–water partition coefficient (Wildman–Crippen LogP) is 1.19. The van der Waals surface area contributed by atoms with Gasteiger partial charge in [-0.1, -0.05) is 0 Å². The second kappa shape index (κ2) is 5.34. The van der Waals surface area contributed by atoms with Gasteiger partial charge in [0.15, 0.2) is 0 Å². The van der Waals surface area contributed by atoms with Crippen molar-refractivity contribution in [3.05, 3.63) is 29.3 Å². The molecule has 1 unspecified atom stereocenters. The van der Waals surface area contributed by atoms with Gasteiger partial charge in [0.1, 0.15) is 6.04 Å². The molecule has 1 aromatic carbocycles. The van der Waals surface area contributed by atoms with Gasteiger partial charge in [-0.25, -0.2) is 3.11 Å². The molecule has 1 fully saturated rings. The molecule has 4 amide bonds. The standard InChI is InChI=1S/C14H12IN3O4/c1-16-7-2-3-8-9(6-7)13(21)17(12(8)20)10-4-5-11(19)18(15)14(10)22/h2-3,6,10,16H,4-5H2,1H3. The van der Waals surface area contributed by atoms with E-state index in [1.54, 1.807) is 48.1 Å². The van der Waals surface area contributed by atoms with Crippen molar-refractivity contribution in [3.63, 3.8) is 0 Å². The molecule has 1 N–H and O–H groups in total. The molecule has 114 valence electrons. The van der Waals surface area contributed by atoms with Crippen LogP contribution in [0, 0.1) is 0 Å². The summed E-state index contributed by atoms with van der Waals surface area (Å²) in [6, 6.07) is 3.95. The molecule has 0 spiro atoms. The maximum Gasteiger partial charge on any atom is 0.262 e. The number of halogens is 1. The van der Waals surface area contributed by atoms with Crippen molar-refractivity contribution >= 4 is 52.2 Å². The maximum atomic E-state index is 12.5. The largest absolute Gasteiger partial charge is 0.388 e. The Kier molecular flexibility index (Phi) is 3.63. The highest BCUT2D eigenvalue weighted by Crippen LogP contribution is 2.31. The topological polar surface area (TPSA) is 86.8 Å². The van der Waals surface area contributed by atoms with E-state index in [1.807, 2.05) is 0 Å². The van der Waals surface area contributed by atoms with Crippen molar-refractivity contribution < 1.29 is 19.2 Å². The maximum absolute atomic E-state index is 12.5. The van der Waals surface area contributed by atoms with E-state index in [0.29, 0.717) is 5.69 Å². The normalized spacial score (nSPS) is 21.5. The number of carbonyl (C=O) groups is 4. The third-order valence-electron chi connectivity index (χ3n) is 3.85. The summed E-state index contributed by atoms with van der Waals surface area (Å²) in [7, 11) is 1.71. The number of nitrogens with zero attached hydrogens (tertiary/aromatic N) is 2. The van der Waals surface area contributed by atoms with Crippen molar-refractivity contribution in [2.45, 2.75) is 18.9 Å². The van der Waals surface area contributed by atoms with Crippen LogP contribution < -0.4 is 5.32 Å². The van der Waals surface area contributed by atoms with Gasteiger partial charge in [-0.05, 0) is 24.6 Å². The Morgan fingerprint density at radius 1 is 1.14 bits per heavy atom. The third-order valence-corrected chi connectivity index (χ3v) is 4.86. The molecule has 0 radical (unpaired) electrons. The molecule has 22 heavy (non-hydrogen) atoms. The number of hydrogen-bond acceptors (Lipinski definition) is 5. The first-order valence-electron chi connectivity index (χ1n) is 6.68. The molecule has 0 saturated carbocycles. The molecule has 0 aliphatic carbocycles. The molecule has 7 nitrogen and oxygen atoms in total. The molecule has 8 heteroatoms. The molecule has 1 aromatic rings. The van der Waals surface area contributed by atoms with Gasteiger partial charge in [-0.2, -0.15) is 0 Å². The summed E-state index contributed by atoms with van der Waals surface area (Å²) in [6.45, 7) is 0. The Bertz CT molecular complexity index is 718. The molecule has 1 atom stereocenters. The smallest absolute Gasteiger partial charge is 0.262 e. The molecule has 1 saturated heterocycles. The number of hydrogen-bond donors (Lipinski definition) is 1. The van der Waals surface area contributed by atoms with Gasteiger partial charge in [0.25, 0.3) is 17.7 Å². The zero-order valence-electron chi connectivity index (χ0n) is 11.6. The van der Waals surface area contributed by atoms with Crippen molar-refractivity contribution in [1.29, 1.82) is 0 Å². The fourth-order valence-corrected chi connectivity index (χ4v) is 3.24. The van der Waals surface area contributed by atoms with E-state index >= 15 is 0 Å². The monoisotopic (exact) mass is 413 g/mol. The van der Waals surface area contributed by atoms with Gasteiger partial charge >= 0.3 is 0 Å². The van der Waals surface area contributed by atoms with Crippen molar-refractivity contribution in [2.24, 2.45) is 0 Å². The second-order valence-electron chi connectivity index (χ2n) is 5.06. The lowest BCUT2D eigenvalue weighted by Gasteiger charge is -2.31. The summed E-state index contributed by atoms with van der Waals surface area (Å²) in [6.07, 6.45) is 0.302. The van der Waals surface area contributed by atoms with E-state index in [4.69, 9.17) is 0 Å². The average Bonchev–Trinajstić information content (AvgIpc) is 2.77. The van der Waals surface area contributed by atoms with Gasteiger partial charge in [-0.15, -0.1) is 0 Å². The molecule has 2 aliphatic rings. The quantitative estimate of drug-likeness (QED) is 0.447. The average molecular weight is 413 g/mol. The summed E-state index contributed by atoms with van der Waals surface area (Å²) < 4.78 is 0.953. The lowest BCUT2D eigenvalue weighted by molar-refractivity contribution is -0.142. The summed E-state index contributed by atoms with van der Waals surface area (Å²) in [4.78, 5) is 49.7. The van der Waals surface area contributed by atoms with E-state index in [2.05, 4.69) is 5.32 Å².